The summed E-state index contributed by atoms with van der Waals surface area (Å²) in [7, 11) is 1.14. The van der Waals surface area contributed by atoms with E-state index in [1.807, 2.05) is 24.3 Å². The van der Waals surface area contributed by atoms with E-state index in [1.165, 1.54) is 0 Å². The number of carbonyl (C=O) groups is 4. The van der Waals surface area contributed by atoms with Gasteiger partial charge in [-0.25, -0.2) is 4.79 Å². The van der Waals surface area contributed by atoms with Crippen LogP contribution in [0.3, 0.4) is 0 Å². The Kier molecular flexibility index (Phi) is 10.8. The summed E-state index contributed by atoms with van der Waals surface area (Å²) in [5.74, 6) is -1.99. The third kappa shape index (κ3) is 9.93. The van der Waals surface area contributed by atoms with Crippen molar-refractivity contribution in [3.63, 3.8) is 0 Å². The fourth-order valence-corrected chi connectivity index (χ4v) is 3.61. The molecule has 1 atom stereocenters. The van der Waals surface area contributed by atoms with Crippen LogP contribution in [0, 0.1) is 11.3 Å². The van der Waals surface area contributed by atoms with Crippen LogP contribution < -0.4 is 10.6 Å². The molecule has 0 aromatic heterocycles. The fourth-order valence-electron chi connectivity index (χ4n) is 3.61. The lowest BCUT2D eigenvalue weighted by molar-refractivity contribution is -0.155. The number of methoxy groups -OCH3 is 1. The Labute approximate surface area is 222 Å². The van der Waals surface area contributed by atoms with Crippen LogP contribution in [-0.2, 0) is 41.6 Å². The minimum Gasteiger partial charge on any atom is -0.460 e. The number of carbonyl (C=O) groups excluding carboxylic acids is 4. The molecule has 0 saturated carbocycles. The summed E-state index contributed by atoms with van der Waals surface area (Å²) in [6, 6.07) is 17.6. The summed E-state index contributed by atoms with van der Waals surface area (Å²) >= 11 is 0. The van der Waals surface area contributed by atoms with E-state index in [0.717, 1.165) is 12.7 Å². The zero-order valence-electron chi connectivity index (χ0n) is 22.0. The quantitative estimate of drug-likeness (QED) is 0.338. The molecular formula is C28H33N3O7. The van der Waals surface area contributed by atoms with Crippen molar-refractivity contribution in [3.8, 4) is 6.07 Å². The monoisotopic (exact) mass is 523 g/mol. The molecule has 0 spiro atoms. The zero-order valence-corrected chi connectivity index (χ0v) is 22.0. The summed E-state index contributed by atoms with van der Waals surface area (Å²) in [6.07, 6.45) is -1.39. The predicted octanol–water partition coefficient (Wildman–Crippen LogP) is 3.18. The third-order valence-electron chi connectivity index (χ3n) is 5.34. The normalized spacial score (nSPS) is 12.3. The Morgan fingerprint density at radius 1 is 0.947 bits per heavy atom. The van der Waals surface area contributed by atoms with E-state index >= 15 is 0 Å². The Hall–Kier alpha value is -4.39. The molecule has 0 aliphatic heterocycles. The number of nitrogens with one attached hydrogen (secondary N) is 2. The van der Waals surface area contributed by atoms with Crippen molar-refractivity contribution in [2.45, 2.75) is 57.8 Å². The van der Waals surface area contributed by atoms with Crippen molar-refractivity contribution < 1.29 is 33.4 Å². The van der Waals surface area contributed by atoms with Gasteiger partial charge in [0.05, 0.1) is 18.7 Å². The number of ether oxygens (including phenoxy) is 3. The van der Waals surface area contributed by atoms with E-state index in [0.29, 0.717) is 11.1 Å². The first-order valence-electron chi connectivity index (χ1n) is 12.0. The van der Waals surface area contributed by atoms with Gasteiger partial charge in [0.25, 0.3) is 0 Å². The molecule has 0 radical (unpaired) electrons. The van der Waals surface area contributed by atoms with Crippen molar-refractivity contribution in [2.75, 3.05) is 13.7 Å². The SMILES string of the molecule is COC(=O)N[C@](CCC(=O)OC(C)(C)C)(Cc1cccc(C#N)c1)C(=O)NCC(=O)OCc1ccccc1. The maximum absolute atomic E-state index is 13.5. The first-order valence-corrected chi connectivity index (χ1v) is 12.0. The first kappa shape index (κ1) is 29.8. The molecule has 38 heavy (non-hydrogen) atoms. The van der Waals surface area contributed by atoms with Crippen LogP contribution in [-0.4, -0.2) is 48.7 Å². The van der Waals surface area contributed by atoms with E-state index in [9.17, 15) is 24.4 Å². The van der Waals surface area contributed by atoms with Gasteiger partial charge in [-0.3, -0.25) is 14.4 Å². The van der Waals surface area contributed by atoms with Crippen LogP contribution >= 0.6 is 0 Å². The predicted molar refractivity (Wildman–Crippen MR) is 137 cm³/mol. The van der Waals surface area contributed by atoms with Gasteiger partial charge in [-0.05, 0) is 50.5 Å². The second kappa shape index (κ2) is 13.8. The Morgan fingerprint density at radius 3 is 2.26 bits per heavy atom. The molecule has 0 aliphatic carbocycles. The van der Waals surface area contributed by atoms with Crippen molar-refractivity contribution in [1.82, 2.24) is 10.6 Å². The number of rotatable bonds is 11. The van der Waals surface area contributed by atoms with Crippen molar-refractivity contribution in [3.05, 3.63) is 71.3 Å². The van der Waals surface area contributed by atoms with Gasteiger partial charge >= 0.3 is 18.0 Å². The van der Waals surface area contributed by atoms with Crippen molar-refractivity contribution in [2.24, 2.45) is 0 Å². The average Bonchev–Trinajstić information content (AvgIpc) is 2.88. The molecule has 202 valence electrons. The highest BCUT2D eigenvalue weighted by molar-refractivity contribution is 5.92. The van der Waals surface area contributed by atoms with Crippen LogP contribution in [0.1, 0.15) is 50.3 Å². The van der Waals surface area contributed by atoms with Crippen LogP contribution in [0.4, 0.5) is 4.79 Å². The molecule has 0 bridgehead atoms. The summed E-state index contributed by atoms with van der Waals surface area (Å²) in [4.78, 5) is 50.7. The number of hydrogen-bond acceptors (Lipinski definition) is 8. The van der Waals surface area contributed by atoms with Gasteiger partial charge in [-0.1, -0.05) is 42.5 Å². The lowest BCUT2D eigenvalue weighted by Gasteiger charge is -2.33. The van der Waals surface area contributed by atoms with Gasteiger partial charge in [-0.2, -0.15) is 5.26 Å². The van der Waals surface area contributed by atoms with Gasteiger partial charge in [0.15, 0.2) is 0 Å². The summed E-state index contributed by atoms with van der Waals surface area (Å²) in [5, 5.41) is 14.3. The molecule has 0 unspecified atom stereocenters. The van der Waals surface area contributed by atoms with Gasteiger partial charge in [0, 0.05) is 12.8 Å². The van der Waals surface area contributed by atoms with Gasteiger partial charge < -0.3 is 24.8 Å². The van der Waals surface area contributed by atoms with E-state index in [2.05, 4.69) is 10.6 Å². The summed E-state index contributed by atoms with van der Waals surface area (Å²) in [6.45, 7) is 4.70. The smallest absolute Gasteiger partial charge is 0.407 e. The van der Waals surface area contributed by atoms with Crippen LogP contribution in [0.2, 0.25) is 0 Å². The Morgan fingerprint density at radius 2 is 1.63 bits per heavy atom. The number of amides is 2. The van der Waals surface area contributed by atoms with Gasteiger partial charge in [-0.15, -0.1) is 0 Å². The maximum atomic E-state index is 13.5. The van der Waals surface area contributed by atoms with Gasteiger partial charge in [0.1, 0.15) is 24.3 Å². The number of benzene rings is 2. The molecule has 10 heteroatoms. The first-order chi connectivity index (χ1) is 18.0. The Balaban J connectivity index is 2.27. The molecule has 0 aliphatic rings. The zero-order chi connectivity index (χ0) is 28.2. The highest BCUT2D eigenvalue weighted by atomic mass is 16.6. The van der Waals surface area contributed by atoms with Gasteiger partial charge in [0.2, 0.25) is 5.91 Å². The molecule has 2 rings (SSSR count). The summed E-state index contributed by atoms with van der Waals surface area (Å²) < 4.78 is 15.3. The number of esters is 2. The second-order valence-corrected chi connectivity index (χ2v) is 9.60. The minimum atomic E-state index is -1.71. The average molecular weight is 524 g/mol. The Bertz CT molecular complexity index is 1170. The molecule has 2 N–H and O–H groups in total. The molecule has 2 aromatic rings. The minimum absolute atomic E-state index is 0.0285. The molecule has 0 heterocycles. The third-order valence-corrected chi connectivity index (χ3v) is 5.34. The molecule has 2 amide bonds. The van der Waals surface area contributed by atoms with Crippen LogP contribution in [0.15, 0.2) is 54.6 Å². The highest BCUT2D eigenvalue weighted by Gasteiger charge is 2.41. The van der Waals surface area contributed by atoms with E-state index < -0.39 is 41.6 Å². The largest absolute Gasteiger partial charge is 0.460 e. The number of nitriles is 1. The lowest BCUT2D eigenvalue weighted by atomic mass is 9.84. The molecule has 10 nitrogen and oxygen atoms in total. The second-order valence-electron chi connectivity index (χ2n) is 9.60. The number of hydrogen-bond donors (Lipinski definition) is 2. The summed E-state index contributed by atoms with van der Waals surface area (Å²) in [5.41, 5.74) is -0.777. The van der Waals surface area contributed by atoms with E-state index in [-0.39, 0.29) is 25.9 Å². The molecule has 2 aromatic carbocycles. The number of nitrogens with zero attached hydrogens (tertiary/aromatic N) is 1. The topological polar surface area (TPSA) is 144 Å². The molecular weight excluding hydrogens is 490 g/mol. The van der Waals surface area contributed by atoms with Crippen molar-refractivity contribution >= 4 is 23.9 Å². The van der Waals surface area contributed by atoms with E-state index in [1.54, 1.807) is 57.2 Å². The van der Waals surface area contributed by atoms with E-state index in [4.69, 9.17) is 14.2 Å². The highest BCUT2D eigenvalue weighted by Crippen LogP contribution is 2.23. The fraction of sp³-hybridized carbons (Fsp3) is 0.393. The lowest BCUT2D eigenvalue weighted by Crippen LogP contribution is -2.61. The molecule has 0 fully saturated rings. The number of alkyl carbamates (subject to hydrolysis) is 1. The van der Waals surface area contributed by atoms with Crippen molar-refractivity contribution in [1.29, 1.82) is 5.26 Å². The van der Waals surface area contributed by atoms with Crippen LogP contribution in [0.5, 0.6) is 0 Å². The molecule has 0 saturated heterocycles. The van der Waals surface area contributed by atoms with Crippen LogP contribution in [0.25, 0.3) is 0 Å². The standard InChI is InChI=1S/C28H33N3O7/c1-27(2,3)38-23(32)13-14-28(31-26(35)36-4,16-21-11-8-12-22(15-21)17-29)25(34)30-18-24(33)37-19-20-9-6-5-7-10-20/h5-12,15H,13-14,16,18-19H2,1-4H3,(H,30,34)(H,31,35)/t28-/m1/s1. The maximum Gasteiger partial charge on any atom is 0.407 e.